The third-order valence-electron chi connectivity index (χ3n) is 2.79. The van der Waals surface area contributed by atoms with E-state index in [-0.39, 0.29) is 0 Å². The van der Waals surface area contributed by atoms with E-state index in [0.717, 1.165) is 17.7 Å². The molecular formula is C14H21BrO. The number of rotatable bonds is 6. The van der Waals surface area contributed by atoms with Crippen molar-refractivity contribution in [2.45, 2.75) is 33.6 Å². The smallest absolute Gasteiger partial charge is 0.125 e. The average Bonchev–Trinajstić information content (AvgIpc) is 2.27. The van der Waals surface area contributed by atoms with Gasteiger partial charge in [0.2, 0.25) is 0 Å². The maximum atomic E-state index is 5.94. The first-order valence-corrected chi connectivity index (χ1v) is 7.06. The summed E-state index contributed by atoms with van der Waals surface area (Å²) in [6, 6.07) is 6.28. The highest BCUT2D eigenvalue weighted by Crippen LogP contribution is 2.23. The van der Waals surface area contributed by atoms with Gasteiger partial charge in [-0.05, 0) is 31.4 Å². The summed E-state index contributed by atoms with van der Waals surface area (Å²) in [5.41, 5.74) is 2.45. The summed E-state index contributed by atoms with van der Waals surface area (Å²) in [6.07, 6.45) is 2.43. The minimum absolute atomic E-state index is 0.615. The molecule has 1 aromatic carbocycles. The number of hydrogen-bond donors (Lipinski definition) is 0. The Labute approximate surface area is 107 Å². The van der Waals surface area contributed by atoms with Gasteiger partial charge in [-0.15, -0.1) is 0 Å². The van der Waals surface area contributed by atoms with E-state index in [2.05, 4.69) is 54.9 Å². The van der Waals surface area contributed by atoms with E-state index < -0.39 is 0 Å². The lowest BCUT2D eigenvalue weighted by Gasteiger charge is -2.17. The van der Waals surface area contributed by atoms with Crippen LogP contribution in [0, 0.1) is 19.8 Å². The third kappa shape index (κ3) is 3.82. The van der Waals surface area contributed by atoms with E-state index in [0.29, 0.717) is 5.92 Å². The predicted molar refractivity (Wildman–Crippen MR) is 73.6 cm³/mol. The maximum absolute atomic E-state index is 5.94. The predicted octanol–water partition coefficient (Wildman–Crippen LogP) is 4.49. The number of hydrogen-bond acceptors (Lipinski definition) is 1. The summed E-state index contributed by atoms with van der Waals surface area (Å²) >= 11 is 3.55. The van der Waals surface area contributed by atoms with Crippen LogP contribution in [0.25, 0.3) is 0 Å². The van der Waals surface area contributed by atoms with Gasteiger partial charge in [0.1, 0.15) is 5.75 Å². The van der Waals surface area contributed by atoms with E-state index in [9.17, 15) is 0 Å². The van der Waals surface area contributed by atoms with Crippen LogP contribution in [0.3, 0.4) is 0 Å². The molecule has 0 fully saturated rings. The molecule has 1 atom stereocenters. The minimum Gasteiger partial charge on any atom is -0.493 e. The molecular weight excluding hydrogens is 264 g/mol. The third-order valence-corrected chi connectivity index (χ3v) is 3.70. The molecule has 90 valence electrons. The van der Waals surface area contributed by atoms with Gasteiger partial charge in [0.05, 0.1) is 6.61 Å². The van der Waals surface area contributed by atoms with Gasteiger partial charge in [-0.2, -0.15) is 0 Å². The van der Waals surface area contributed by atoms with Crippen LogP contribution in [0.15, 0.2) is 18.2 Å². The lowest BCUT2D eigenvalue weighted by molar-refractivity contribution is 0.252. The molecule has 0 amide bonds. The van der Waals surface area contributed by atoms with Gasteiger partial charge in [-0.1, -0.05) is 47.5 Å². The van der Waals surface area contributed by atoms with E-state index in [1.807, 2.05) is 0 Å². The Hall–Kier alpha value is -0.500. The molecule has 0 N–H and O–H groups in total. The highest BCUT2D eigenvalue weighted by atomic mass is 79.9. The second kappa shape index (κ2) is 6.95. The summed E-state index contributed by atoms with van der Waals surface area (Å²) in [6.45, 7) is 7.23. The summed E-state index contributed by atoms with van der Waals surface area (Å²) in [7, 11) is 0. The first-order chi connectivity index (χ1) is 7.69. The Balaban J connectivity index is 2.59. The molecule has 1 aromatic rings. The van der Waals surface area contributed by atoms with Crippen molar-refractivity contribution in [3.63, 3.8) is 0 Å². The van der Waals surface area contributed by atoms with Crippen LogP contribution in [0.1, 0.15) is 30.9 Å². The Bertz CT molecular complexity index is 302. The normalized spacial score (nSPS) is 12.5. The summed E-state index contributed by atoms with van der Waals surface area (Å²) in [4.78, 5) is 0. The van der Waals surface area contributed by atoms with Gasteiger partial charge in [-0.3, -0.25) is 0 Å². The van der Waals surface area contributed by atoms with Gasteiger partial charge in [-0.25, -0.2) is 0 Å². The van der Waals surface area contributed by atoms with E-state index in [1.165, 1.54) is 24.0 Å². The minimum atomic E-state index is 0.615. The Morgan fingerprint density at radius 2 is 1.88 bits per heavy atom. The molecule has 0 saturated carbocycles. The van der Waals surface area contributed by atoms with E-state index >= 15 is 0 Å². The first-order valence-electron chi connectivity index (χ1n) is 5.94. The van der Waals surface area contributed by atoms with Crippen molar-refractivity contribution in [2.75, 3.05) is 11.9 Å². The molecule has 2 heteroatoms. The number of ether oxygens (including phenoxy) is 1. The topological polar surface area (TPSA) is 9.23 Å². The molecule has 16 heavy (non-hydrogen) atoms. The number of halogens is 1. The Morgan fingerprint density at radius 3 is 2.38 bits per heavy atom. The highest BCUT2D eigenvalue weighted by Gasteiger charge is 2.09. The average molecular weight is 285 g/mol. The molecule has 0 aliphatic rings. The molecule has 0 bridgehead atoms. The zero-order chi connectivity index (χ0) is 12.0. The fraction of sp³-hybridized carbons (Fsp3) is 0.571. The van der Waals surface area contributed by atoms with Gasteiger partial charge in [0, 0.05) is 11.2 Å². The number of aryl methyl sites for hydroxylation is 2. The standard InChI is InChI=1S/C14H21BrO/c1-4-6-13(9-15)10-16-14-11(2)7-5-8-12(14)3/h5,7-8,13H,4,6,9-10H2,1-3H3. The van der Waals surface area contributed by atoms with Gasteiger partial charge in [0.15, 0.2) is 0 Å². The van der Waals surface area contributed by atoms with E-state index in [1.54, 1.807) is 0 Å². The fourth-order valence-electron chi connectivity index (χ4n) is 1.84. The molecule has 0 aromatic heterocycles. The molecule has 1 nitrogen and oxygen atoms in total. The van der Waals surface area contributed by atoms with Crippen molar-refractivity contribution in [3.05, 3.63) is 29.3 Å². The molecule has 0 aliphatic heterocycles. The lowest BCUT2D eigenvalue weighted by atomic mass is 10.1. The van der Waals surface area contributed by atoms with Crippen molar-refractivity contribution < 1.29 is 4.74 Å². The first kappa shape index (κ1) is 13.6. The van der Waals surface area contributed by atoms with Crippen LogP contribution in [-0.2, 0) is 0 Å². The van der Waals surface area contributed by atoms with Crippen molar-refractivity contribution in [3.8, 4) is 5.75 Å². The fourth-order valence-corrected chi connectivity index (χ4v) is 2.35. The molecule has 1 unspecified atom stereocenters. The van der Waals surface area contributed by atoms with Gasteiger partial charge < -0.3 is 4.74 Å². The van der Waals surface area contributed by atoms with Gasteiger partial charge >= 0.3 is 0 Å². The number of alkyl halides is 1. The van der Waals surface area contributed by atoms with Gasteiger partial charge in [0.25, 0.3) is 0 Å². The van der Waals surface area contributed by atoms with Crippen LogP contribution in [-0.4, -0.2) is 11.9 Å². The van der Waals surface area contributed by atoms with Crippen LogP contribution in [0.5, 0.6) is 5.75 Å². The van der Waals surface area contributed by atoms with E-state index in [4.69, 9.17) is 4.74 Å². The zero-order valence-electron chi connectivity index (χ0n) is 10.4. The molecule has 0 aliphatic carbocycles. The quantitative estimate of drug-likeness (QED) is 0.699. The Morgan fingerprint density at radius 1 is 1.25 bits per heavy atom. The largest absolute Gasteiger partial charge is 0.493 e. The van der Waals surface area contributed by atoms with Crippen molar-refractivity contribution in [1.29, 1.82) is 0 Å². The number of benzene rings is 1. The molecule has 0 heterocycles. The summed E-state index contributed by atoms with van der Waals surface area (Å²) < 4.78 is 5.94. The van der Waals surface area contributed by atoms with Crippen LogP contribution < -0.4 is 4.74 Å². The van der Waals surface area contributed by atoms with Crippen LogP contribution in [0.4, 0.5) is 0 Å². The van der Waals surface area contributed by atoms with Crippen LogP contribution in [0.2, 0.25) is 0 Å². The monoisotopic (exact) mass is 284 g/mol. The maximum Gasteiger partial charge on any atom is 0.125 e. The summed E-state index contributed by atoms with van der Waals surface area (Å²) in [5, 5.41) is 1.02. The molecule has 0 spiro atoms. The van der Waals surface area contributed by atoms with Crippen molar-refractivity contribution >= 4 is 15.9 Å². The zero-order valence-corrected chi connectivity index (χ0v) is 12.0. The lowest BCUT2D eigenvalue weighted by Crippen LogP contribution is -2.14. The number of para-hydroxylation sites is 1. The molecule has 1 rings (SSSR count). The second-order valence-electron chi connectivity index (χ2n) is 4.34. The van der Waals surface area contributed by atoms with Crippen molar-refractivity contribution in [2.24, 2.45) is 5.92 Å². The highest BCUT2D eigenvalue weighted by molar-refractivity contribution is 9.09. The van der Waals surface area contributed by atoms with Crippen molar-refractivity contribution in [1.82, 2.24) is 0 Å². The molecule has 0 radical (unpaired) electrons. The second-order valence-corrected chi connectivity index (χ2v) is 4.99. The SMILES string of the molecule is CCCC(CBr)COc1c(C)cccc1C. The molecule has 0 saturated heterocycles. The summed E-state index contributed by atoms with van der Waals surface area (Å²) in [5.74, 6) is 1.67. The Kier molecular flexibility index (Phi) is 5.89. The van der Waals surface area contributed by atoms with Crippen LogP contribution >= 0.6 is 15.9 Å².